The van der Waals surface area contributed by atoms with Crippen LogP contribution in [-0.2, 0) is 0 Å². The fraction of sp³-hybridized carbons (Fsp3) is 0.375. The van der Waals surface area contributed by atoms with Crippen molar-refractivity contribution in [3.8, 4) is 12.3 Å². The van der Waals surface area contributed by atoms with E-state index in [-0.39, 0.29) is 5.91 Å². The smallest absolute Gasteiger partial charge is 0.263 e. The second-order valence-electron chi connectivity index (χ2n) is 4.98. The zero-order valence-corrected chi connectivity index (χ0v) is 13.1. The predicted octanol–water partition coefficient (Wildman–Crippen LogP) is 3.03. The van der Waals surface area contributed by atoms with Gasteiger partial charge in [0.15, 0.2) is 0 Å². The van der Waals surface area contributed by atoms with Crippen LogP contribution in [-0.4, -0.2) is 17.4 Å². The highest BCUT2D eigenvalue weighted by Gasteiger charge is 2.18. The molecule has 0 saturated carbocycles. The van der Waals surface area contributed by atoms with Crippen molar-refractivity contribution in [1.82, 2.24) is 10.3 Å². The molecule has 0 aliphatic carbocycles. The third-order valence-corrected chi connectivity index (χ3v) is 4.41. The summed E-state index contributed by atoms with van der Waals surface area (Å²) in [4.78, 5) is 17.2. The van der Waals surface area contributed by atoms with Gasteiger partial charge in [0, 0.05) is 34.4 Å². The molecule has 4 nitrogen and oxygen atoms in total. The lowest BCUT2D eigenvalue weighted by Gasteiger charge is -2.03. The summed E-state index contributed by atoms with van der Waals surface area (Å²) in [6.45, 7) is 4.47. The highest BCUT2D eigenvalue weighted by atomic mass is 32.1. The van der Waals surface area contributed by atoms with Gasteiger partial charge in [0.25, 0.3) is 5.91 Å². The Balaban J connectivity index is 2.15. The molecule has 0 fully saturated rings. The molecule has 2 rings (SSSR count). The first-order chi connectivity index (χ1) is 10.0. The number of anilines is 1. The quantitative estimate of drug-likeness (QED) is 0.659. The molecule has 0 aromatic carbocycles. The zero-order chi connectivity index (χ0) is 15.4. The van der Waals surface area contributed by atoms with Crippen molar-refractivity contribution in [3.05, 3.63) is 22.3 Å². The number of carbonyl (C=O) groups is 1. The summed E-state index contributed by atoms with van der Waals surface area (Å²) in [5, 5.41) is 3.79. The molecule has 0 saturated heterocycles. The molecule has 0 aliphatic rings. The first-order valence-electron chi connectivity index (χ1n) is 6.92. The first kappa shape index (κ1) is 15.3. The summed E-state index contributed by atoms with van der Waals surface area (Å²) in [5.41, 5.74) is 8.45. The highest BCUT2D eigenvalue weighted by molar-refractivity contribution is 7.21. The molecule has 2 heterocycles. The fourth-order valence-corrected chi connectivity index (χ4v) is 3.47. The summed E-state index contributed by atoms with van der Waals surface area (Å²) in [6, 6.07) is 1.97. The van der Waals surface area contributed by atoms with E-state index in [4.69, 9.17) is 12.2 Å². The van der Waals surface area contributed by atoms with Gasteiger partial charge in [-0.3, -0.25) is 9.78 Å². The number of thiophene rings is 1. The molecular weight excluding hydrogens is 282 g/mol. The first-order valence-corrected chi connectivity index (χ1v) is 7.74. The van der Waals surface area contributed by atoms with Crippen LogP contribution in [0.3, 0.4) is 0 Å². The monoisotopic (exact) mass is 301 g/mol. The Kier molecular flexibility index (Phi) is 4.81. The van der Waals surface area contributed by atoms with Crippen LogP contribution in [0.1, 0.15) is 40.3 Å². The molecule has 5 heteroatoms. The van der Waals surface area contributed by atoms with Crippen LogP contribution in [0, 0.1) is 26.2 Å². The molecule has 0 spiro atoms. The number of nitrogens with two attached hydrogens (primary N) is 1. The maximum absolute atomic E-state index is 12.2. The molecule has 0 bridgehead atoms. The van der Waals surface area contributed by atoms with E-state index in [1.165, 1.54) is 11.3 Å². The lowest BCUT2D eigenvalue weighted by atomic mass is 10.2. The molecule has 0 aliphatic heterocycles. The van der Waals surface area contributed by atoms with Crippen molar-refractivity contribution >= 4 is 33.0 Å². The number of pyridine rings is 1. The average molecular weight is 301 g/mol. The second kappa shape index (κ2) is 6.59. The Morgan fingerprint density at radius 1 is 1.48 bits per heavy atom. The highest BCUT2D eigenvalue weighted by Crippen LogP contribution is 2.35. The van der Waals surface area contributed by atoms with Crippen molar-refractivity contribution < 1.29 is 4.79 Å². The van der Waals surface area contributed by atoms with Crippen LogP contribution in [0.25, 0.3) is 10.1 Å². The Morgan fingerprint density at radius 2 is 2.24 bits per heavy atom. The molecule has 0 atom stereocenters. The van der Waals surface area contributed by atoms with Gasteiger partial charge in [0.2, 0.25) is 0 Å². The zero-order valence-electron chi connectivity index (χ0n) is 12.3. The molecular formula is C16H19N3OS. The lowest BCUT2D eigenvalue weighted by Crippen LogP contribution is -2.24. The predicted molar refractivity (Wildman–Crippen MR) is 88.5 cm³/mol. The van der Waals surface area contributed by atoms with E-state index in [1.54, 1.807) is 0 Å². The molecule has 3 N–H and O–H groups in total. The Bertz CT molecular complexity index is 712. The largest absolute Gasteiger partial charge is 0.397 e. The maximum atomic E-state index is 12.2. The SMILES string of the molecule is C#CCCCCNC(=O)c1sc2cc(C)nc(C)c2c1N. The lowest BCUT2D eigenvalue weighted by molar-refractivity contribution is 0.0958. The van der Waals surface area contributed by atoms with Gasteiger partial charge in [-0.25, -0.2) is 0 Å². The number of amides is 1. The molecule has 110 valence electrons. The van der Waals surface area contributed by atoms with Gasteiger partial charge in [-0.05, 0) is 32.8 Å². The van der Waals surface area contributed by atoms with E-state index in [0.717, 1.165) is 40.7 Å². The van der Waals surface area contributed by atoms with Crippen molar-refractivity contribution in [2.45, 2.75) is 33.1 Å². The molecule has 0 unspecified atom stereocenters. The minimum Gasteiger partial charge on any atom is -0.397 e. The summed E-state index contributed by atoms with van der Waals surface area (Å²) in [7, 11) is 0. The molecule has 2 aromatic rings. The normalized spacial score (nSPS) is 10.5. The van der Waals surface area contributed by atoms with Gasteiger partial charge in [-0.15, -0.1) is 23.7 Å². The number of nitrogens with zero attached hydrogens (tertiary/aromatic N) is 1. The van der Waals surface area contributed by atoms with Crippen molar-refractivity contribution in [3.63, 3.8) is 0 Å². The molecule has 2 aromatic heterocycles. The third-order valence-electron chi connectivity index (χ3n) is 3.26. The number of aryl methyl sites for hydroxylation is 2. The van der Waals surface area contributed by atoms with E-state index >= 15 is 0 Å². The number of nitrogen functional groups attached to an aromatic ring is 1. The van der Waals surface area contributed by atoms with E-state index in [0.29, 0.717) is 17.1 Å². The maximum Gasteiger partial charge on any atom is 0.263 e. The minimum absolute atomic E-state index is 0.119. The topological polar surface area (TPSA) is 68.0 Å². The molecule has 0 radical (unpaired) electrons. The second-order valence-corrected chi connectivity index (χ2v) is 6.04. The molecule has 21 heavy (non-hydrogen) atoms. The van der Waals surface area contributed by atoms with Gasteiger partial charge >= 0.3 is 0 Å². The van der Waals surface area contributed by atoms with E-state index in [1.807, 2.05) is 19.9 Å². The average Bonchev–Trinajstić information content (AvgIpc) is 2.75. The number of rotatable bonds is 5. The Hall–Kier alpha value is -2.06. The van der Waals surface area contributed by atoms with Crippen molar-refractivity contribution in [1.29, 1.82) is 0 Å². The Labute approximate surface area is 128 Å². The number of carbonyl (C=O) groups excluding carboxylic acids is 1. The van der Waals surface area contributed by atoms with Gasteiger partial charge in [0.05, 0.1) is 5.69 Å². The molecule has 1 amide bonds. The van der Waals surface area contributed by atoms with Gasteiger partial charge < -0.3 is 11.1 Å². The number of nitrogens with one attached hydrogen (secondary N) is 1. The van der Waals surface area contributed by atoms with Crippen LogP contribution >= 0.6 is 11.3 Å². The summed E-state index contributed by atoms with van der Waals surface area (Å²) in [5.74, 6) is 2.47. The van der Waals surface area contributed by atoms with Crippen LogP contribution in [0.2, 0.25) is 0 Å². The summed E-state index contributed by atoms with van der Waals surface area (Å²) in [6.07, 6.45) is 7.73. The number of unbranched alkanes of at least 4 members (excludes halogenated alkanes) is 2. The van der Waals surface area contributed by atoms with Gasteiger partial charge in [0.1, 0.15) is 4.88 Å². The number of hydrogen-bond acceptors (Lipinski definition) is 4. The van der Waals surface area contributed by atoms with Gasteiger partial charge in [-0.1, -0.05) is 0 Å². The minimum atomic E-state index is -0.119. The number of aromatic nitrogens is 1. The van der Waals surface area contributed by atoms with E-state index in [2.05, 4.69) is 16.2 Å². The van der Waals surface area contributed by atoms with Crippen molar-refractivity contribution in [2.24, 2.45) is 0 Å². The third kappa shape index (κ3) is 3.34. The van der Waals surface area contributed by atoms with E-state index in [9.17, 15) is 4.79 Å². The van der Waals surface area contributed by atoms with Crippen LogP contribution < -0.4 is 11.1 Å². The summed E-state index contributed by atoms with van der Waals surface area (Å²) < 4.78 is 1.01. The van der Waals surface area contributed by atoms with Gasteiger partial charge in [-0.2, -0.15) is 0 Å². The van der Waals surface area contributed by atoms with Crippen molar-refractivity contribution in [2.75, 3.05) is 12.3 Å². The van der Waals surface area contributed by atoms with Crippen LogP contribution in [0.15, 0.2) is 6.07 Å². The van der Waals surface area contributed by atoms with Crippen LogP contribution in [0.5, 0.6) is 0 Å². The Morgan fingerprint density at radius 3 is 2.95 bits per heavy atom. The number of terminal acetylenes is 1. The van der Waals surface area contributed by atoms with E-state index < -0.39 is 0 Å². The number of fused-ring (bicyclic) bond motifs is 1. The van der Waals surface area contributed by atoms with Crippen LogP contribution in [0.4, 0.5) is 5.69 Å². The fourth-order valence-electron chi connectivity index (χ4n) is 2.28. The number of hydrogen-bond donors (Lipinski definition) is 2. The summed E-state index contributed by atoms with van der Waals surface area (Å²) >= 11 is 1.42. The standard InChI is InChI=1S/C16H19N3OS/c1-4-5-6-7-8-18-16(20)15-14(17)13-11(3)19-10(2)9-12(13)21-15/h1,9H,5-8,17H2,2-3H3,(H,18,20).